The fourth-order valence-corrected chi connectivity index (χ4v) is 3.24. The molecule has 2 aromatic heterocycles. The van der Waals surface area contributed by atoms with Gasteiger partial charge < -0.3 is 14.4 Å². The van der Waals surface area contributed by atoms with Gasteiger partial charge in [-0.3, -0.25) is 14.5 Å². The smallest absolute Gasteiger partial charge is 0.231 e. The largest absolute Gasteiger partial charge is 0.454 e. The normalized spacial score (nSPS) is 12.2. The van der Waals surface area contributed by atoms with Crippen LogP contribution in [0.15, 0.2) is 55.0 Å². The standard InChI is InChI=1S/C21H22N4O3/c1-24-18(8-11-23-24)3-5-21(26)25(13-16-6-9-22-10-7-16)14-17-2-4-19-20(12-17)28-15-27-19/h2,4,6-12H,3,5,13-15H2,1H3. The van der Waals surface area contributed by atoms with E-state index >= 15 is 0 Å². The molecular formula is C21H22N4O3. The van der Waals surface area contributed by atoms with Gasteiger partial charge in [-0.15, -0.1) is 0 Å². The molecule has 0 unspecified atom stereocenters. The van der Waals surface area contributed by atoms with Crippen LogP contribution >= 0.6 is 0 Å². The van der Waals surface area contributed by atoms with Gasteiger partial charge in [0, 0.05) is 50.8 Å². The molecule has 1 aliphatic heterocycles. The summed E-state index contributed by atoms with van der Waals surface area (Å²) in [6.45, 7) is 1.27. The summed E-state index contributed by atoms with van der Waals surface area (Å²) >= 11 is 0. The minimum absolute atomic E-state index is 0.0932. The topological polar surface area (TPSA) is 69.5 Å². The molecule has 28 heavy (non-hydrogen) atoms. The summed E-state index contributed by atoms with van der Waals surface area (Å²) in [5.41, 5.74) is 3.09. The lowest BCUT2D eigenvalue weighted by atomic mass is 10.1. The van der Waals surface area contributed by atoms with Crippen molar-refractivity contribution in [3.8, 4) is 11.5 Å². The number of fused-ring (bicyclic) bond motifs is 1. The summed E-state index contributed by atoms with van der Waals surface area (Å²) in [4.78, 5) is 18.9. The lowest BCUT2D eigenvalue weighted by Gasteiger charge is -2.23. The number of ether oxygens (including phenoxy) is 2. The summed E-state index contributed by atoms with van der Waals surface area (Å²) in [5, 5.41) is 4.17. The SMILES string of the molecule is Cn1nccc1CCC(=O)N(Cc1ccncc1)Cc1ccc2c(c1)OCO2. The van der Waals surface area contributed by atoms with Crippen molar-refractivity contribution >= 4 is 5.91 Å². The van der Waals surface area contributed by atoms with E-state index in [-0.39, 0.29) is 12.7 Å². The van der Waals surface area contributed by atoms with Crippen LogP contribution in [0.1, 0.15) is 23.2 Å². The molecule has 1 aromatic carbocycles. The lowest BCUT2D eigenvalue weighted by molar-refractivity contribution is -0.132. The Hall–Kier alpha value is -3.35. The van der Waals surface area contributed by atoms with Gasteiger partial charge in [-0.2, -0.15) is 5.10 Å². The van der Waals surface area contributed by atoms with E-state index in [0.717, 1.165) is 28.3 Å². The van der Waals surface area contributed by atoms with Crippen molar-refractivity contribution in [3.63, 3.8) is 0 Å². The monoisotopic (exact) mass is 378 g/mol. The van der Waals surface area contributed by atoms with E-state index in [9.17, 15) is 4.79 Å². The average Bonchev–Trinajstić information content (AvgIpc) is 3.34. The van der Waals surface area contributed by atoms with Crippen molar-refractivity contribution in [1.82, 2.24) is 19.7 Å². The van der Waals surface area contributed by atoms with Crippen LogP contribution in [0.25, 0.3) is 0 Å². The van der Waals surface area contributed by atoms with Crippen LogP contribution in [0.5, 0.6) is 11.5 Å². The molecular weight excluding hydrogens is 356 g/mol. The number of carbonyl (C=O) groups is 1. The van der Waals surface area contributed by atoms with Crippen molar-refractivity contribution in [2.24, 2.45) is 7.05 Å². The molecule has 4 rings (SSSR count). The first kappa shape index (κ1) is 18.0. The Kier molecular flexibility index (Phi) is 5.23. The average molecular weight is 378 g/mol. The van der Waals surface area contributed by atoms with Gasteiger partial charge in [0.1, 0.15) is 0 Å². The number of amides is 1. The highest BCUT2D eigenvalue weighted by molar-refractivity contribution is 5.76. The number of nitrogens with zero attached hydrogens (tertiary/aromatic N) is 4. The summed E-state index contributed by atoms with van der Waals surface area (Å²) < 4.78 is 12.6. The first-order chi connectivity index (χ1) is 13.7. The van der Waals surface area contributed by atoms with Crippen LogP contribution in [-0.4, -0.2) is 32.4 Å². The Morgan fingerprint density at radius 1 is 1.04 bits per heavy atom. The van der Waals surface area contributed by atoms with Gasteiger partial charge in [0.2, 0.25) is 12.7 Å². The minimum atomic E-state index is 0.0932. The van der Waals surface area contributed by atoms with E-state index < -0.39 is 0 Å². The van der Waals surface area contributed by atoms with Gasteiger partial charge in [0.05, 0.1) is 0 Å². The third kappa shape index (κ3) is 4.14. The van der Waals surface area contributed by atoms with Crippen molar-refractivity contribution < 1.29 is 14.3 Å². The first-order valence-corrected chi connectivity index (χ1v) is 9.21. The molecule has 0 spiro atoms. The Balaban J connectivity index is 1.49. The number of hydrogen-bond acceptors (Lipinski definition) is 5. The summed E-state index contributed by atoms with van der Waals surface area (Å²) in [5.74, 6) is 1.56. The van der Waals surface area contributed by atoms with Crippen molar-refractivity contribution in [2.45, 2.75) is 25.9 Å². The quantitative estimate of drug-likeness (QED) is 0.632. The number of aromatic nitrogens is 3. The molecule has 7 nitrogen and oxygen atoms in total. The van der Waals surface area contributed by atoms with Crippen LogP contribution in [0.4, 0.5) is 0 Å². The van der Waals surface area contributed by atoms with E-state index in [0.29, 0.717) is 25.9 Å². The van der Waals surface area contributed by atoms with E-state index in [4.69, 9.17) is 9.47 Å². The molecule has 1 amide bonds. The predicted octanol–water partition coefficient (Wildman–Crippen LogP) is 2.71. The number of aryl methyl sites for hydroxylation is 2. The van der Waals surface area contributed by atoms with E-state index in [1.54, 1.807) is 23.3 Å². The third-order valence-electron chi connectivity index (χ3n) is 4.80. The maximum Gasteiger partial charge on any atom is 0.231 e. The summed E-state index contributed by atoms with van der Waals surface area (Å²) in [7, 11) is 1.89. The van der Waals surface area contributed by atoms with Crippen molar-refractivity contribution in [1.29, 1.82) is 0 Å². The van der Waals surface area contributed by atoms with Gasteiger partial charge in [-0.25, -0.2) is 0 Å². The fourth-order valence-electron chi connectivity index (χ4n) is 3.24. The van der Waals surface area contributed by atoms with Gasteiger partial charge in [-0.1, -0.05) is 6.07 Å². The number of benzene rings is 1. The minimum Gasteiger partial charge on any atom is -0.454 e. The molecule has 3 heterocycles. The molecule has 0 fully saturated rings. The second-order valence-electron chi connectivity index (χ2n) is 6.74. The Morgan fingerprint density at radius 3 is 2.61 bits per heavy atom. The molecule has 0 radical (unpaired) electrons. The molecule has 0 saturated carbocycles. The second-order valence-corrected chi connectivity index (χ2v) is 6.74. The molecule has 0 N–H and O–H groups in total. The van der Waals surface area contributed by atoms with E-state index in [1.165, 1.54) is 0 Å². The zero-order chi connectivity index (χ0) is 19.3. The Morgan fingerprint density at radius 2 is 1.82 bits per heavy atom. The molecule has 3 aromatic rings. The fraction of sp³-hybridized carbons (Fsp3) is 0.286. The van der Waals surface area contributed by atoms with Gasteiger partial charge in [0.25, 0.3) is 0 Å². The van der Waals surface area contributed by atoms with Crippen LogP contribution < -0.4 is 9.47 Å². The van der Waals surface area contributed by atoms with Crippen molar-refractivity contribution in [2.75, 3.05) is 6.79 Å². The van der Waals surface area contributed by atoms with Crippen LogP contribution in [0.3, 0.4) is 0 Å². The molecule has 1 aliphatic rings. The highest BCUT2D eigenvalue weighted by Gasteiger charge is 2.18. The Bertz CT molecular complexity index is 955. The number of carbonyl (C=O) groups excluding carboxylic acids is 1. The second kappa shape index (κ2) is 8.12. The number of hydrogen-bond donors (Lipinski definition) is 0. The molecule has 0 bridgehead atoms. The Labute approximate surface area is 163 Å². The van der Waals surface area contributed by atoms with Crippen LogP contribution in [0, 0.1) is 0 Å². The van der Waals surface area contributed by atoms with E-state index in [1.807, 2.05) is 48.3 Å². The maximum atomic E-state index is 13.0. The third-order valence-corrected chi connectivity index (χ3v) is 4.80. The molecule has 0 aliphatic carbocycles. The van der Waals surface area contributed by atoms with Crippen LogP contribution in [-0.2, 0) is 31.4 Å². The van der Waals surface area contributed by atoms with Crippen molar-refractivity contribution in [3.05, 3.63) is 71.8 Å². The van der Waals surface area contributed by atoms with Crippen LogP contribution in [0.2, 0.25) is 0 Å². The molecule has 0 atom stereocenters. The van der Waals surface area contributed by atoms with Gasteiger partial charge in [-0.05, 0) is 47.9 Å². The lowest BCUT2D eigenvalue weighted by Crippen LogP contribution is -2.30. The highest BCUT2D eigenvalue weighted by Crippen LogP contribution is 2.33. The zero-order valence-corrected chi connectivity index (χ0v) is 15.7. The van der Waals surface area contributed by atoms with Gasteiger partial charge >= 0.3 is 0 Å². The number of rotatable bonds is 7. The highest BCUT2D eigenvalue weighted by atomic mass is 16.7. The predicted molar refractivity (Wildman–Crippen MR) is 103 cm³/mol. The zero-order valence-electron chi connectivity index (χ0n) is 15.7. The summed E-state index contributed by atoms with van der Waals surface area (Å²) in [6.07, 6.45) is 6.32. The maximum absolute atomic E-state index is 13.0. The number of pyridine rings is 1. The summed E-state index contributed by atoms with van der Waals surface area (Å²) in [6, 6.07) is 11.6. The van der Waals surface area contributed by atoms with Gasteiger partial charge in [0.15, 0.2) is 11.5 Å². The molecule has 7 heteroatoms. The first-order valence-electron chi connectivity index (χ1n) is 9.21. The molecule has 144 valence electrons. The van der Waals surface area contributed by atoms with E-state index in [2.05, 4.69) is 10.1 Å². The molecule has 0 saturated heterocycles.